The number of anilines is 1. The average molecular weight is 185 g/mol. The number of thioether (sulfide) groups is 1. The number of hydrogen-bond donors (Lipinski definition) is 2. The summed E-state index contributed by atoms with van der Waals surface area (Å²) in [5.41, 5.74) is 1.08. The number of aromatic amines is 1. The molecule has 0 aliphatic heterocycles. The molecule has 0 radical (unpaired) electrons. The van der Waals surface area contributed by atoms with Crippen molar-refractivity contribution in [2.45, 2.75) is 13.3 Å². The smallest absolute Gasteiger partial charge is 0.0723 e. The molecule has 12 heavy (non-hydrogen) atoms. The first kappa shape index (κ1) is 9.45. The molecule has 0 saturated heterocycles. The zero-order valence-electron chi connectivity index (χ0n) is 7.34. The molecule has 2 N–H and O–H groups in total. The van der Waals surface area contributed by atoms with E-state index >= 15 is 0 Å². The van der Waals surface area contributed by atoms with Gasteiger partial charge in [-0.25, -0.2) is 0 Å². The maximum atomic E-state index is 3.84. The van der Waals surface area contributed by atoms with Gasteiger partial charge in [0.1, 0.15) is 0 Å². The molecule has 0 fully saturated rings. The summed E-state index contributed by atoms with van der Waals surface area (Å²) in [7, 11) is 0. The van der Waals surface area contributed by atoms with Crippen molar-refractivity contribution in [2.75, 3.05) is 23.4 Å². The van der Waals surface area contributed by atoms with Crippen LogP contribution in [0.5, 0.6) is 0 Å². The third kappa shape index (κ3) is 3.67. The van der Waals surface area contributed by atoms with E-state index in [9.17, 15) is 0 Å². The molecule has 0 spiro atoms. The normalized spacial score (nSPS) is 10.1. The van der Waals surface area contributed by atoms with Crippen LogP contribution in [0.4, 0.5) is 5.69 Å². The van der Waals surface area contributed by atoms with E-state index in [0.717, 1.165) is 12.2 Å². The summed E-state index contributed by atoms with van der Waals surface area (Å²) in [6.45, 7) is 3.22. The van der Waals surface area contributed by atoms with Gasteiger partial charge in [0.15, 0.2) is 0 Å². The van der Waals surface area contributed by atoms with Gasteiger partial charge in [0.05, 0.1) is 11.9 Å². The van der Waals surface area contributed by atoms with E-state index in [1.807, 2.05) is 18.0 Å². The largest absolute Gasteiger partial charge is 0.382 e. The summed E-state index contributed by atoms with van der Waals surface area (Å²) in [6, 6.07) is 0. The highest BCUT2D eigenvalue weighted by Crippen LogP contribution is 2.03. The van der Waals surface area contributed by atoms with Crippen LogP contribution in [0.2, 0.25) is 0 Å². The first-order chi connectivity index (χ1) is 5.93. The van der Waals surface area contributed by atoms with Crippen LogP contribution >= 0.6 is 11.8 Å². The van der Waals surface area contributed by atoms with Crippen molar-refractivity contribution in [3.63, 3.8) is 0 Å². The number of rotatable bonds is 6. The van der Waals surface area contributed by atoms with E-state index in [-0.39, 0.29) is 0 Å². The minimum absolute atomic E-state index is 1.03. The number of nitrogens with one attached hydrogen (secondary N) is 2. The number of hydrogen-bond acceptors (Lipinski definition) is 3. The van der Waals surface area contributed by atoms with Gasteiger partial charge >= 0.3 is 0 Å². The lowest BCUT2D eigenvalue weighted by Gasteiger charge is -2.01. The van der Waals surface area contributed by atoms with Crippen molar-refractivity contribution in [3.05, 3.63) is 12.4 Å². The Morgan fingerprint density at radius 1 is 1.67 bits per heavy atom. The summed E-state index contributed by atoms with van der Waals surface area (Å²) in [5, 5.41) is 9.89. The lowest BCUT2D eigenvalue weighted by atomic mass is 10.4. The van der Waals surface area contributed by atoms with Gasteiger partial charge in [0.25, 0.3) is 0 Å². The van der Waals surface area contributed by atoms with Gasteiger partial charge in [0.2, 0.25) is 0 Å². The van der Waals surface area contributed by atoms with Crippen molar-refractivity contribution in [2.24, 2.45) is 0 Å². The Morgan fingerprint density at radius 3 is 3.25 bits per heavy atom. The van der Waals surface area contributed by atoms with Crippen molar-refractivity contribution < 1.29 is 0 Å². The topological polar surface area (TPSA) is 40.7 Å². The molecule has 0 unspecified atom stereocenters. The average Bonchev–Trinajstić information content (AvgIpc) is 2.57. The highest BCUT2D eigenvalue weighted by molar-refractivity contribution is 7.99. The molecular formula is C8H15N3S. The Hall–Kier alpha value is -0.640. The monoisotopic (exact) mass is 185 g/mol. The van der Waals surface area contributed by atoms with Crippen LogP contribution in [-0.4, -0.2) is 28.2 Å². The van der Waals surface area contributed by atoms with Gasteiger partial charge in [-0.05, 0) is 17.9 Å². The van der Waals surface area contributed by atoms with Crippen LogP contribution in [0.3, 0.4) is 0 Å². The molecule has 3 nitrogen and oxygen atoms in total. The van der Waals surface area contributed by atoms with Crippen molar-refractivity contribution in [1.82, 2.24) is 10.2 Å². The van der Waals surface area contributed by atoms with Gasteiger partial charge in [-0.15, -0.1) is 0 Å². The van der Waals surface area contributed by atoms with Crippen LogP contribution in [0.1, 0.15) is 13.3 Å². The van der Waals surface area contributed by atoms with Crippen LogP contribution in [0, 0.1) is 0 Å². The molecule has 4 heteroatoms. The Balaban J connectivity index is 1.96. The molecule has 68 valence electrons. The molecule has 0 bridgehead atoms. The Bertz CT molecular complexity index is 186. The van der Waals surface area contributed by atoms with E-state index in [1.54, 1.807) is 6.20 Å². The zero-order chi connectivity index (χ0) is 8.65. The van der Waals surface area contributed by atoms with E-state index in [0.29, 0.717) is 0 Å². The summed E-state index contributed by atoms with van der Waals surface area (Å²) in [6.07, 6.45) is 4.88. The summed E-state index contributed by atoms with van der Waals surface area (Å²) in [5.74, 6) is 2.45. The molecular weight excluding hydrogens is 170 g/mol. The Labute approximate surface area is 77.3 Å². The number of nitrogens with zero attached hydrogens (tertiary/aromatic N) is 1. The first-order valence-corrected chi connectivity index (χ1v) is 5.39. The minimum atomic E-state index is 1.03. The lowest BCUT2D eigenvalue weighted by molar-refractivity contribution is 0.992. The van der Waals surface area contributed by atoms with E-state index in [1.165, 1.54) is 17.9 Å². The highest BCUT2D eigenvalue weighted by atomic mass is 32.2. The van der Waals surface area contributed by atoms with Crippen molar-refractivity contribution in [3.8, 4) is 0 Å². The fourth-order valence-corrected chi connectivity index (χ4v) is 1.54. The second-order valence-electron chi connectivity index (χ2n) is 2.46. The summed E-state index contributed by atoms with van der Waals surface area (Å²) in [4.78, 5) is 0. The second kappa shape index (κ2) is 5.94. The number of H-pyrrole nitrogens is 1. The Kier molecular flexibility index (Phi) is 4.68. The van der Waals surface area contributed by atoms with E-state index in [2.05, 4.69) is 22.4 Å². The molecule has 1 heterocycles. The molecule has 0 aliphatic rings. The van der Waals surface area contributed by atoms with Gasteiger partial charge in [0, 0.05) is 12.7 Å². The van der Waals surface area contributed by atoms with Crippen LogP contribution in [0.15, 0.2) is 12.4 Å². The van der Waals surface area contributed by atoms with Gasteiger partial charge in [-0.3, -0.25) is 5.10 Å². The highest BCUT2D eigenvalue weighted by Gasteiger charge is 1.90. The molecule has 0 aromatic carbocycles. The molecule has 1 rings (SSSR count). The maximum Gasteiger partial charge on any atom is 0.0723 e. The SMILES string of the molecule is CCSCCCNc1cn[nH]c1. The molecule has 0 atom stereocenters. The van der Waals surface area contributed by atoms with Crippen molar-refractivity contribution >= 4 is 17.4 Å². The Morgan fingerprint density at radius 2 is 2.58 bits per heavy atom. The summed E-state index contributed by atoms with van der Waals surface area (Å²) >= 11 is 1.98. The predicted octanol–water partition coefficient (Wildman–Crippen LogP) is 1.96. The van der Waals surface area contributed by atoms with Crippen LogP contribution in [0.25, 0.3) is 0 Å². The molecule has 0 aliphatic carbocycles. The van der Waals surface area contributed by atoms with Crippen LogP contribution in [-0.2, 0) is 0 Å². The van der Waals surface area contributed by atoms with Gasteiger partial charge in [-0.2, -0.15) is 16.9 Å². The molecule has 0 saturated carbocycles. The standard InChI is InChI=1S/C8H15N3S/c1-2-12-5-3-4-9-8-6-10-11-7-8/h6-7,9H,2-5H2,1H3,(H,10,11). The molecule has 0 amide bonds. The third-order valence-corrected chi connectivity index (χ3v) is 2.48. The summed E-state index contributed by atoms with van der Waals surface area (Å²) < 4.78 is 0. The van der Waals surface area contributed by atoms with Gasteiger partial charge in [-0.1, -0.05) is 6.92 Å². The van der Waals surface area contributed by atoms with E-state index in [4.69, 9.17) is 0 Å². The second-order valence-corrected chi connectivity index (χ2v) is 3.86. The van der Waals surface area contributed by atoms with Crippen molar-refractivity contribution in [1.29, 1.82) is 0 Å². The number of aromatic nitrogens is 2. The zero-order valence-corrected chi connectivity index (χ0v) is 8.16. The quantitative estimate of drug-likeness (QED) is 0.666. The minimum Gasteiger partial charge on any atom is -0.382 e. The first-order valence-electron chi connectivity index (χ1n) is 4.24. The van der Waals surface area contributed by atoms with Crippen LogP contribution < -0.4 is 5.32 Å². The lowest BCUT2D eigenvalue weighted by Crippen LogP contribution is -2.01. The third-order valence-electron chi connectivity index (χ3n) is 1.50. The molecule has 1 aromatic heterocycles. The maximum absolute atomic E-state index is 3.84. The predicted molar refractivity (Wildman–Crippen MR) is 54.7 cm³/mol. The van der Waals surface area contributed by atoms with Gasteiger partial charge < -0.3 is 5.32 Å². The molecule has 1 aromatic rings. The fourth-order valence-electron chi connectivity index (χ4n) is 0.899. The van der Waals surface area contributed by atoms with E-state index < -0.39 is 0 Å². The fraction of sp³-hybridized carbons (Fsp3) is 0.625.